The molecule has 0 heterocycles. The van der Waals surface area contributed by atoms with E-state index in [1.807, 2.05) is 12.1 Å². The third-order valence-corrected chi connectivity index (χ3v) is 4.24. The Labute approximate surface area is 132 Å². The van der Waals surface area contributed by atoms with Gasteiger partial charge in [-0.05, 0) is 61.5 Å². The molecule has 1 aromatic carbocycles. The highest BCUT2D eigenvalue weighted by atomic mass is 79.9. The van der Waals surface area contributed by atoms with Crippen LogP contribution < -0.4 is 0 Å². The maximum absolute atomic E-state index is 9.65. The zero-order chi connectivity index (χ0) is 15.1. The molecule has 0 aliphatic heterocycles. The standard InChI is InChI=1S/C17H28BrNO/c1-13(2)7-9-19(10-8-14(3)4)12-15-11-16(20)5-6-17(15)18/h5-6,11,13-14,20H,7-10,12H2,1-4H3. The lowest BCUT2D eigenvalue weighted by Gasteiger charge is -2.24. The van der Waals surface area contributed by atoms with E-state index < -0.39 is 0 Å². The zero-order valence-corrected chi connectivity index (χ0v) is 14.8. The SMILES string of the molecule is CC(C)CCN(CCC(C)C)Cc1cc(O)ccc1Br. The number of hydrogen-bond donors (Lipinski definition) is 1. The molecule has 1 rings (SSSR count). The first kappa shape index (κ1) is 17.5. The van der Waals surface area contributed by atoms with Gasteiger partial charge in [0.25, 0.3) is 0 Å². The topological polar surface area (TPSA) is 23.5 Å². The van der Waals surface area contributed by atoms with Gasteiger partial charge < -0.3 is 5.11 Å². The van der Waals surface area contributed by atoms with Gasteiger partial charge >= 0.3 is 0 Å². The Morgan fingerprint density at radius 2 is 1.60 bits per heavy atom. The van der Waals surface area contributed by atoms with Crippen LogP contribution in [0.2, 0.25) is 0 Å². The van der Waals surface area contributed by atoms with Gasteiger partial charge in [0.2, 0.25) is 0 Å². The van der Waals surface area contributed by atoms with E-state index in [0.717, 1.165) is 41.5 Å². The second-order valence-electron chi connectivity index (χ2n) is 6.42. The minimum atomic E-state index is 0.343. The third-order valence-electron chi connectivity index (χ3n) is 3.47. The first-order valence-corrected chi connectivity index (χ1v) is 8.37. The molecule has 114 valence electrons. The Hall–Kier alpha value is -0.540. The van der Waals surface area contributed by atoms with E-state index in [0.29, 0.717) is 5.75 Å². The molecule has 20 heavy (non-hydrogen) atoms. The molecule has 0 bridgehead atoms. The van der Waals surface area contributed by atoms with Crippen molar-refractivity contribution in [3.63, 3.8) is 0 Å². The van der Waals surface area contributed by atoms with Crippen LogP contribution in [0.1, 0.15) is 46.1 Å². The van der Waals surface area contributed by atoms with Gasteiger partial charge in [-0.3, -0.25) is 4.90 Å². The summed E-state index contributed by atoms with van der Waals surface area (Å²) in [6.45, 7) is 12.2. The fraction of sp³-hybridized carbons (Fsp3) is 0.647. The fourth-order valence-corrected chi connectivity index (χ4v) is 2.45. The molecule has 0 aliphatic rings. The summed E-state index contributed by atoms with van der Waals surface area (Å²) in [5, 5.41) is 9.65. The molecular weight excluding hydrogens is 314 g/mol. The van der Waals surface area contributed by atoms with E-state index in [-0.39, 0.29) is 0 Å². The third kappa shape index (κ3) is 6.76. The minimum absolute atomic E-state index is 0.343. The van der Waals surface area contributed by atoms with E-state index in [2.05, 4.69) is 48.5 Å². The van der Waals surface area contributed by atoms with Crippen molar-refractivity contribution in [1.29, 1.82) is 0 Å². The Balaban J connectivity index is 2.68. The second kappa shape index (κ2) is 8.68. The average molecular weight is 342 g/mol. The van der Waals surface area contributed by atoms with E-state index in [4.69, 9.17) is 0 Å². The Kier molecular flexibility index (Phi) is 7.60. The predicted molar refractivity (Wildman–Crippen MR) is 90.0 cm³/mol. The Morgan fingerprint density at radius 3 is 2.10 bits per heavy atom. The molecule has 0 unspecified atom stereocenters. The van der Waals surface area contributed by atoms with Crippen LogP contribution in [0.25, 0.3) is 0 Å². The second-order valence-corrected chi connectivity index (χ2v) is 7.27. The molecule has 0 aromatic heterocycles. The van der Waals surface area contributed by atoms with Crippen molar-refractivity contribution in [2.45, 2.75) is 47.1 Å². The highest BCUT2D eigenvalue weighted by Crippen LogP contribution is 2.23. The Bertz CT molecular complexity index is 392. The maximum atomic E-state index is 9.65. The van der Waals surface area contributed by atoms with Crippen LogP contribution in [0, 0.1) is 11.8 Å². The number of hydrogen-bond acceptors (Lipinski definition) is 2. The summed E-state index contributed by atoms with van der Waals surface area (Å²) < 4.78 is 1.08. The summed E-state index contributed by atoms with van der Waals surface area (Å²) in [4.78, 5) is 2.50. The summed E-state index contributed by atoms with van der Waals surface area (Å²) in [5.41, 5.74) is 1.16. The summed E-state index contributed by atoms with van der Waals surface area (Å²) in [5.74, 6) is 1.80. The van der Waals surface area contributed by atoms with Gasteiger partial charge in [0.15, 0.2) is 0 Å². The normalized spacial score (nSPS) is 11.8. The van der Waals surface area contributed by atoms with Crippen molar-refractivity contribution in [1.82, 2.24) is 4.90 Å². The average Bonchev–Trinajstić information content (AvgIpc) is 2.36. The first-order chi connectivity index (χ1) is 9.38. The largest absolute Gasteiger partial charge is 0.508 e. The molecule has 0 fully saturated rings. The van der Waals surface area contributed by atoms with Crippen LogP contribution in [0.3, 0.4) is 0 Å². The lowest BCUT2D eigenvalue weighted by molar-refractivity contribution is 0.235. The summed E-state index contributed by atoms with van der Waals surface area (Å²) >= 11 is 3.58. The van der Waals surface area contributed by atoms with Crippen LogP contribution in [-0.2, 0) is 6.54 Å². The molecule has 0 aliphatic carbocycles. The number of phenolic OH excluding ortho intramolecular Hbond substituents is 1. The van der Waals surface area contributed by atoms with Crippen LogP contribution in [0.15, 0.2) is 22.7 Å². The van der Waals surface area contributed by atoms with Gasteiger partial charge in [0.1, 0.15) is 5.75 Å². The molecule has 0 spiro atoms. The van der Waals surface area contributed by atoms with Gasteiger partial charge in [-0.1, -0.05) is 43.6 Å². The quantitative estimate of drug-likeness (QED) is 0.715. The molecule has 0 radical (unpaired) electrons. The first-order valence-electron chi connectivity index (χ1n) is 7.58. The van der Waals surface area contributed by atoms with Crippen molar-refractivity contribution in [3.8, 4) is 5.75 Å². The number of halogens is 1. The van der Waals surface area contributed by atoms with Crippen LogP contribution in [0.4, 0.5) is 0 Å². The zero-order valence-electron chi connectivity index (χ0n) is 13.2. The van der Waals surface area contributed by atoms with Gasteiger partial charge in [-0.25, -0.2) is 0 Å². The number of benzene rings is 1. The van der Waals surface area contributed by atoms with Gasteiger partial charge in [0.05, 0.1) is 0 Å². The fourth-order valence-electron chi connectivity index (χ4n) is 2.07. The van der Waals surface area contributed by atoms with Gasteiger partial charge in [-0.15, -0.1) is 0 Å². The molecule has 0 atom stereocenters. The van der Waals surface area contributed by atoms with E-state index in [1.54, 1.807) is 6.07 Å². The van der Waals surface area contributed by atoms with E-state index >= 15 is 0 Å². The number of aromatic hydroxyl groups is 1. The van der Waals surface area contributed by atoms with Gasteiger partial charge in [-0.2, -0.15) is 0 Å². The van der Waals surface area contributed by atoms with Crippen molar-refractivity contribution >= 4 is 15.9 Å². The molecule has 2 nitrogen and oxygen atoms in total. The minimum Gasteiger partial charge on any atom is -0.508 e. The monoisotopic (exact) mass is 341 g/mol. The summed E-state index contributed by atoms with van der Waals surface area (Å²) in [6.07, 6.45) is 2.43. The van der Waals surface area contributed by atoms with Crippen molar-refractivity contribution in [2.24, 2.45) is 11.8 Å². The summed E-state index contributed by atoms with van der Waals surface area (Å²) in [6, 6.07) is 5.51. The van der Waals surface area contributed by atoms with Crippen molar-refractivity contribution in [3.05, 3.63) is 28.2 Å². The molecule has 0 saturated heterocycles. The molecule has 0 saturated carbocycles. The Morgan fingerprint density at radius 1 is 1.05 bits per heavy atom. The lowest BCUT2D eigenvalue weighted by atomic mass is 10.1. The van der Waals surface area contributed by atoms with Crippen LogP contribution in [0.5, 0.6) is 5.75 Å². The smallest absolute Gasteiger partial charge is 0.115 e. The van der Waals surface area contributed by atoms with Crippen molar-refractivity contribution < 1.29 is 5.11 Å². The molecule has 1 N–H and O–H groups in total. The van der Waals surface area contributed by atoms with E-state index in [1.165, 1.54) is 12.8 Å². The highest BCUT2D eigenvalue weighted by molar-refractivity contribution is 9.10. The molecule has 1 aromatic rings. The lowest BCUT2D eigenvalue weighted by Crippen LogP contribution is -2.27. The van der Waals surface area contributed by atoms with Crippen molar-refractivity contribution in [2.75, 3.05) is 13.1 Å². The van der Waals surface area contributed by atoms with E-state index in [9.17, 15) is 5.11 Å². The van der Waals surface area contributed by atoms with Gasteiger partial charge in [0, 0.05) is 11.0 Å². The molecule has 0 amide bonds. The predicted octanol–water partition coefficient (Wildman–Crippen LogP) is 5.05. The molecular formula is C17H28BrNO. The number of phenols is 1. The maximum Gasteiger partial charge on any atom is 0.115 e. The summed E-state index contributed by atoms with van der Waals surface area (Å²) in [7, 11) is 0. The number of nitrogens with zero attached hydrogens (tertiary/aromatic N) is 1. The van der Waals surface area contributed by atoms with Crippen LogP contribution >= 0.6 is 15.9 Å². The number of rotatable bonds is 8. The van der Waals surface area contributed by atoms with Crippen LogP contribution in [-0.4, -0.2) is 23.1 Å². The molecule has 3 heteroatoms. The highest BCUT2D eigenvalue weighted by Gasteiger charge is 2.11.